The van der Waals surface area contributed by atoms with Crippen LogP contribution in [-0.4, -0.2) is 21.5 Å². The molecular weight excluding hydrogens is 259 g/mol. The summed E-state index contributed by atoms with van der Waals surface area (Å²) in [5, 5.41) is 13.1. The number of aromatic hydroxyl groups is 1. The third kappa shape index (κ3) is 2.39. The smallest absolute Gasteiger partial charge is 0.153 e. The molecule has 0 radical (unpaired) electrons. The van der Waals surface area contributed by atoms with E-state index in [4.69, 9.17) is 22.8 Å². The minimum atomic E-state index is -0.587. The maximum absolute atomic E-state index is 13.7. The second-order valence-electron chi connectivity index (χ2n) is 3.37. The summed E-state index contributed by atoms with van der Waals surface area (Å²) < 4.78 is 20.1. The Hall–Kier alpha value is -2.19. The third-order valence-corrected chi connectivity index (χ3v) is 2.42. The SMILES string of the molecule is C#CCOc1cc(-n2cc(O)cn2)c(F)cc1Cl. The van der Waals surface area contributed by atoms with E-state index in [0.717, 1.165) is 6.07 Å². The van der Waals surface area contributed by atoms with Crippen molar-refractivity contribution < 1.29 is 14.2 Å². The van der Waals surface area contributed by atoms with Gasteiger partial charge in [0.2, 0.25) is 0 Å². The predicted molar refractivity (Wildman–Crippen MR) is 64.5 cm³/mol. The van der Waals surface area contributed by atoms with E-state index in [1.165, 1.54) is 23.1 Å². The largest absolute Gasteiger partial charge is 0.505 e. The number of terminal acetylenes is 1. The van der Waals surface area contributed by atoms with Crippen molar-refractivity contribution in [3.05, 3.63) is 35.4 Å². The Morgan fingerprint density at radius 3 is 2.94 bits per heavy atom. The van der Waals surface area contributed by atoms with Gasteiger partial charge in [0.05, 0.1) is 17.4 Å². The number of aromatic nitrogens is 2. The van der Waals surface area contributed by atoms with Gasteiger partial charge < -0.3 is 9.84 Å². The highest BCUT2D eigenvalue weighted by atomic mass is 35.5. The summed E-state index contributed by atoms with van der Waals surface area (Å²) in [5.74, 6) is 1.87. The van der Waals surface area contributed by atoms with Gasteiger partial charge in [0.25, 0.3) is 0 Å². The van der Waals surface area contributed by atoms with Gasteiger partial charge in [-0.25, -0.2) is 9.07 Å². The van der Waals surface area contributed by atoms with Crippen molar-refractivity contribution in [2.24, 2.45) is 0 Å². The first-order chi connectivity index (χ1) is 8.61. The number of nitrogens with zero attached hydrogens (tertiary/aromatic N) is 2. The second-order valence-corrected chi connectivity index (χ2v) is 3.78. The Balaban J connectivity index is 2.45. The molecule has 0 saturated heterocycles. The van der Waals surface area contributed by atoms with E-state index < -0.39 is 5.82 Å². The van der Waals surface area contributed by atoms with E-state index in [1.54, 1.807) is 0 Å². The fraction of sp³-hybridized carbons (Fsp3) is 0.0833. The van der Waals surface area contributed by atoms with Crippen LogP contribution in [0.25, 0.3) is 5.69 Å². The first-order valence-electron chi connectivity index (χ1n) is 4.91. The lowest BCUT2D eigenvalue weighted by Crippen LogP contribution is -2.01. The molecule has 2 rings (SSSR count). The first kappa shape index (κ1) is 12.3. The lowest BCUT2D eigenvalue weighted by atomic mass is 10.3. The second kappa shape index (κ2) is 4.98. The zero-order valence-electron chi connectivity index (χ0n) is 9.10. The van der Waals surface area contributed by atoms with Gasteiger partial charge in [0.15, 0.2) is 11.6 Å². The van der Waals surface area contributed by atoms with Crippen molar-refractivity contribution in [3.8, 4) is 29.5 Å². The molecule has 0 atom stereocenters. The van der Waals surface area contributed by atoms with E-state index in [9.17, 15) is 9.50 Å². The molecule has 0 amide bonds. The molecule has 2 aromatic rings. The van der Waals surface area contributed by atoms with Crippen molar-refractivity contribution in [1.82, 2.24) is 9.78 Å². The highest BCUT2D eigenvalue weighted by molar-refractivity contribution is 6.32. The van der Waals surface area contributed by atoms with Gasteiger partial charge in [-0.2, -0.15) is 5.10 Å². The Morgan fingerprint density at radius 1 is 1.56 bits per heavy atom. The molecule has 0 fully saturated rings. The fourth-order valence-corrected chi connectivity index (χ4v) is 1.57. The van der Waals surface area contributed by atoms with E-state index in [2.05, 4.69) is 11.0 Å². The Labute approximate surface area is 108 Å². The van der Waals surface area contributed by atoms with Crippen molar-refractivity contribution in [1.29, 1.82) is 0 Å². The number of hydrogen-bond donors (Lipinski definition) is 1. The lowest BCUT2D eigenvalue weighted by molar-refractivity contribution is 0.369. The minimum absolute atomic E-state index is 0.0230. The molecule has 0 spiro atoms. The van der Waals surface area contributed by atoms with Gasteiger partial charge in [-0.1, -0.05) is 17.5 Å². The van der Waals surface area contributed by atoms with Crippen LogP contribution in [0.5, 0.6) is 11.5 Å². The molecule has 1 aromatic heterocycles. The van der Waals surface area contributed by atoms with Crippen LogP contribution < -0.4 is 4.74 Å². The van der Waals surface area contributed by atoms with E-state index >= 15 is 0 Å². The highest BCUT2D eigenvalue weighted by Crippen LogP contribution is 2.29. The van der Waals surface area contributed by atoms with E-state index in [1.807, 2.05) is 0 Å². The summed E-state index contributed by atoms with van der Waals surface area (Å²) in [7, 11) is 0. The number of ether oxygens (including phenoxy) is 1. The molecular formula is C12H8ClFN2O2. The topological polar surface area (TPSA) is 47.3 Å². The van der Waals surface area contributed by atoms with Crippen molar-refractivity contribution in [2.45, 2.75) is 0 Å². The van der Waals surface area contributed by atoms with Crippen LogP contribution in [0.15, 0.2) is 24.5 Å². The van der Waals surface area contributed by atoms with Gasteiger partial charge in [-0.3, -0.25) is 0 Å². The fourth-order valence-electron chi connectivity index (χ4n) is 1.37. The highest BCUT2D eigenvalue weighted by Gasteiger charge is 2.12. The molecule has 1 aromatic carbocycles. The van der Waals surface area contributed by atoms with Crippen LogP contribution in [0.2, 0.25) is 5.02 Å². The van der Waals surface area contributed by atoms with Crippen molar-refractivity contribution in [3.63, 3.8) is 0 Å². The lowest BCUT2D eigenvalue weighted by Gasteiger charge is -2.09. The Morgan fingerprint density at radius 2 is 2.33 bits per heavy atom. The summed E-state index contributed by atoms with van der Waals surface area (Å²) in [5.41, 5.74) is 0.103. The van der Waals surface area contributed by atoms with E-state index in [-0.39, 0.29) is 28.8 Å². The number of hydrogen-bond acceptors (Lipinski definition) is 3. The maximum Gasteiger partial charge on any atom is 0.153 e. The monoisotopic (exact) mass is 266 g/mol. The van der Waals surface area contributed by atoms with Gasteiger partial charge in [0.1, 0.15) is 18.0 Å². The van der Waals surface area contributed by atoms with Crippen molar-refractivity contribution in [2.75, 3.05) is 6.61 Å². The zero-order valence-corrected chi connectivity index (χ0v) is 9.86. The molecule has 0 saturated carbocycles. The standard InChI is InChI=1S/C12H8ClFN2O2/c1-2-3-18-12-5-11(10(14)4-9(12)13)16-7-8(17)6-15-16/h1,4-7,17H,3H2. The summed E-state index contributed by atoms with van der Waals surface area (Å²) in [6, 6.07) is 2.46. The van der Waals surface area contributed by atoms with Crippen LogP contribution in [0, 0.1) is 18.2 Å². The molecule has 0 aliphatic heterocycles. The van der Waals surface area contributed by atoms with Gasteiger partial charge >= 0.3 is 0 Å². The first-order valence-corrected chi connectivity index (χ1v) is 5.29. The number of rotatable bonds is 3. The normalized spacial score (nSPS) is 10.1. The molecule has 92 valence electrons. The van der Waals surface area contributed by atoms with Crippen LogP contribution >= 0.6 is 11.6 Å². The summed E-state index contributed by atoms with van der Waals surface area (Å²) in [4.78, 5) is 0. The number of halogens is 2. The molecule has 0 unspecified atom stereocenters. The molecule has 0 bridgehead atoms. The third-order valence-electron chi connectivity index (χ3n) is 2.13. The molecule has 1 heterocycles. The van der Waals surface area contributed by atoms with Crippen LogP contribution in [0.1, 0.15) is 0 Å². The average Bonchev–Trinajstić information content (AvgIpc) is 2.74. The molecule has 1 N–H and O–H groups in total. The average molecular weight is 267 g/mol. The Kier molecular flexibility index (Phi) is 3.40. The van der Waals surface area contributed by atoms with Crippen LogP contribution in [0.4, 0.5) is 4.39 Å². The quantitative estimate of drug-likeness (QED) is 0.868. The summed E-state index contributed by atoms with van der Waals surface area (Å²) >= 11 is 5.82. The number of benzene rings is 1. The molecule has 0 aliphatic rings. The van der Waals surface area contributed by atoms with Crippen molar-refractivity contribution >= 4 is 11.6 Å². The van der Waals surface area contributed by atoms with Crippen LogP contribution in [0.3, 0.4) is 0 Å². The molecule has 18 heavy (non-hydrogen) atoms. The summed E-state index contributed by atoms with van der Waals surface area (Å²) in [6.07, 6.45) is 7.52. The molecule has 0 aliphatic carbocycles. The van der Waals surface area contributed by atoms with Gasteiger partial charge in [-0.05, 0) is 6.07 Å². The maximum atomic E-state index is 13.7. The Bertz CT molecular complexity index is 619. The zero-order chi connectivity index (χ0) is 13.1. The minimum Gasteiger partial charge on any atom is -0.505 e. The van der Waals surface area contributed by atoms with E-state index in [0.29, 0.717) is 0 Å². The van der Waals surface area contributed by atoms with Crippen LogP contribution in [-0.2, 0) is 0 Å². The summed E-state index contributed by atoms with van der Waals surface area (Å²) in [6.45, 7) is 0.0230. The van der Waals surface area contributed by atoms with Gasteiger partial charge in [-0.15, -0.1) is 6.42 Å². The van der Waals surface area contributed by atoms with Gasteiger partial charge in [0, 0.05) is 6.07 Å². The predicted octanol–water partition coefficient (Wildman–Crippen LogP) is 2.38. The molecule has 4 nitrogen and oxygen atoms in total. The molecule has 6 heteroatoms.